The van der Waals surface area contributed by atoms with Crippen molar-refractivity contribution in [2.45, 2.75) is 37.1 Å². The summed E-state index contributed by atoms with van der Waals surface area (Å²) in [7, 11) is 2.10. The fraction of sp³-hybridized carbons (Fsp3) is 0.400. The highest BCUT2D eigenvalue weighted by Crippen LogP contribution is 2.57. The van der Waals surface area contributed by atoms with Gasteiger partial charge in [-0.05, 0) is 67.3 Å². The summed E-state index contributed by atoms with van der Waals surface area (Å²) in [5.41, 5.74) is 2.96. The van der Waals surface area contributed by atoms with E-state index in [1.807, 2.05) is 12.1 Å². The summed E-state index contributed by atoms with van der Waals surface area (Å²) >= 11 is 12.7. The molecule has 0 bridgehead atoms. The van der Waals surface area contributed by atoms with E-state index in [0.29, 0.717) is 10.0 Å². The zero-order valence-corrected chi connectivity index (χ0v) is 15.5. The minimum atomic E-state index is -0.547. The van der Waals surface area contributed by atoms with Crippen LogP contribution in [0.15, 0.2) is 30.3 Å². The van der Waals surface area contributed by atoms with Crippen LogP contribution in [0.3, 0.4) is 0 Å². The molecule has 5 heteroatoms. The van der Waals surface area contributed by atoms with E-state index >= 15 is 0 Å². The van der Waals surface area contributed by atoms with Gasteiger partial charge >= 0.3 is 0 Å². The maximum Gasteiger partial charge on any atom is 0.165 e. The summed E-state index contributed by atoms with van der Waals surface area (Å²) in [5, 5.41) is 11.3. The number of likely N-dealkylation sites (N-methyl/N-ethyl adjacent to an activating group) is 1. The van der Waals surface area contributed by atoms with Crippen LogP contribution in [0, 0.1) is 5.82 Å². The number of rotatable bonds is 2. The highest BCUT2D eigenvalue weighted by Gasteiger charge is 2.50. The number of hydrogen-bond donors (Lipinski definition) is 1. The first kappa shape index (κ1) is 17.1. The zero-order valence-electron chi connectivity index (χ0n) is 14.0. The van der Waals surface area contributed by atoms with E-state index in [4.69, 9.17) is 23.2 Å². The Morgan fingerprint density at radius 1 is 1.20 bits per heavy atom. The normalized spacial score (nSPS) is 22.3. The predicted molar refractivity (Wildman–Crippen MR) is 99.1 cm³/mol. The Labute approximate surface area is 157 Å². The SMILES string of the molecule is CN1CCc2cc(F)c(O)cc2C1C1(c2ccc(Cl)cc2Cl)CCC1. The molecule has 1 aliphatic carbocycles. The van der Waals surface area contributed by atoms with Crippen LogP contribution < -0.4 is 0 Å². The Kier molecular flexibility index (Phi) is 4.22. The van der Waals surface area contributed by atoms with E-state index in [1.165, 1.54) is 6.07 Å². The molecular formula is C20H20Cl2FNO. The van der Waals surface area contributed by atoms with Crippen molar-refractivity contribution in [3.8, 4) is 5.75 Å². The average molecular weight is 380 g/mol. The lowest BCUT2D eigenvalue weighted by atomic mass is 9.57. The molecule has 1 unspecified atom stereocenters. The fourth-order valence-electron chi connectivity index (χ4n) is 4.61. The van der Waals surface area contributed by atoms with Crippen LogP contribution in [0.25, 0.3) is 0 Å². The molecular weight excluding hydrogens is 360 g/mol. The largest absolute Gasteiger partial charge is 0.505 e. The maximum atomic E-state index is 13.9. The van der Waals surface area contributed by atoms with Crippen molar-refractivity contribution in [1.82, 2.24) is 4.90 Å². The van der Waals surface area contributed by atoms with E-state index in [2.05, 4.69) is 11.9 Å². The summed E-state index contributed by atoms with van der Waals surface area (Å²) in [6, 6.07) is 8.86. The van der Waals surface area contributed by atoms with Gasteiger partial charge in [-0.15, -0.1) is 0 Å². The molecule has 1 heterocycles. The molecule has 1 aliphatic heterocycles. The molecule has 0 aromatic heterocycles. The van der Waals surface area contributed by atoms with Gasteiger partial charge < -0.3 is 5.11 Å². The minimum absolute atomic E-state index is 0.0650. The molecule has 4 rings (SSSR count). The monoisotopic (exact) mass is 379 g/mol. The van der Waals surface area contributed by atoms with Crippen molar-refractivity contribution in [2.75, 3.05) is 13.6 Å². The number of halogens is 3. The Bertz CT molecular complexity index is 835. The molecule has 0 radical (unpaired) electrons. The summed E-state index contributed by atoms with van der Waals surface area (Å²) < 4.78 is 13.9. The van der Waals surface area contributed by atoms with Gasteiger partial charge in [0.1, 0.15) is 0 Å². The van der Waals surface area contributed by atoms with Gasteiger partial charge in [0.25, 0.3) is 0 Å². The molecule has 2 aliphatic rings. The van der Waals surface area contributed by atoms with Crippen LogP contribution in [0.4, 0.5) is 4.39 Å². The molecule has 1 N–H and O–H groups in total. The number of phenolic OH excluding ortho intramolecular Hbond substituents is 1. The first-order valence-corrected chi connectivity index (χ1v) is 9.35. The second kappa shape index (κ2) is 6.15. The number of aromatic hydroxyl groups is 1. The molecule has 132 valence electrons. The molecule has 25 heavy (non-hydrogen) atoms. The Hall–Kier alpha value is -1.29. The molecule has 2 aromatic carbocycles. The van der Waals surface area contributed by atoms with Crippen molar-refractivity contribution in [3.63, 3.8) is 0 Å². The minimum Gasteiger partial charge on any atom is -0.505 e. The van der Waals surface area contributed by atoms with Gasteiger partial charge in [0.2, 0.25) is 0 Å². The molecule has 0 amide bonds. The van der Waals surface area contributed by atoms with E-state index in [1.54, 1.807) is 12.1 Å². The van der Waals surface area contributed by atoms with Crippen LogP contribution >= 0.6 is 23.2 Å². The van der Waals surface area contributed by atoms with Crippen LogP contribution in [0.2, 0.25) is 10.0 Å². The average Bonchev–Trinajstić information content (AvgIpc) is 2.52. The topological polar surface area (TPSA) is 23.5 Å². The lowest BCUT2D eigenvalue weighted by molar-refractivity contribution is 0.0715. The molecule has 1 fully saturated rings. The summed E-state index contributed by atoms with van der Waals surface area (Å²) in [6.07, 6.45) is 3.94. The van der Waals surface area contributed by atoms with Gasteiger partial charge in [-0.3, -0.25) is 4.90 Å². The van der Waals surface area contributed by atoms with Crippen LogP contribution in [-0.4, -0.2) is 23.6 Å². The highest BCUT2D eigenvalue weighted by molar-refractivity contribution is 6.35. The van der Waals surface area contributed by atoms with Gasteiger partial charge in [0, 0.05) is 28.0 Å². The molecule has 0 spiro atoms. The maximum absolute atomic E-state index is 13.9. The Morgan fingerprint density at radius 3 is 2.60 bits per heavy atom. The third-order valence-corrected chi connectivity index (χ3v) is 6.46. The Morgan fingerprint density at radius 2 is 1.96 bits per heavy atom. The summed E-state index contributed by atoms with van der Waals surface area (Å²) in [6.45, 7) is 0.856. The number of hydrogen-bond acceptors (Lipinski definition) is 2. The van der Waals surface area contributed by atoms with Crippen LogP contribution in [0.1, 0.15) is 42.0 Å². The summed E-state index contributed by atoms with van der Waals surface area (Å²) in [4.78, 5) is 2.31. The van der Waals surface area contributed by atoms with E-state index in [9.17, 15) is 9.50 Å². The van der Waals surface area contributed by atoms with Crippen molar-refractivity contribution < 1.29 is 9.50 Å². The van der Waals surface area contributed by atoms with Crippen molar-refractivity contribution >= 4 is 23.2 Å². The molecule has 1 atom stereocenters. The van der Waals surface area contributed by atoms with Gasteiger partial charge in [0.05, 0.1) is 0 Å². The summed E-state index contributed by atoms with van der Waals surface area (Å²) in [5.74, 6) is -0.829. The zero-order chi connectivity index (χ0) is 17.8. The third-order valence-electron chi connectivity index (χ3n) is 5.91. The smallest absolute Gasteiger partial charge is 0.165 e. The second-order valence-corrected chi connectivity index (χ2v) is 8.11. The van der Waals surface area contributed by atoms with Crippen molar-refractivity contribution in [1.29, 1.82) is 0 Å². The number of phenols is 1. The quantitative estimate of drug-likeness (QED) is 0.745. The van der Waals surface area contributed by atoms with Gasteiger partial charge in [0.15, 0.2) is 11.6 Å². The Balaban J connectivity index is 1.88. The van der Waals surface area contributed by atoms with Crippen LogP contribution in [-0.2, 0) is 11.8 Å². The molecule has 2 nitrogen and oxygen atoms in total. The first-order chi connectivity index (χ1) is 11.9. The van der Waals surface area contributed by atoms with E-state index in [-0.39, 0.29) is 17.2 Å². The van der Waals surface area contributed by atoms with Gasteiger partial charge in [-0.2, -0.15) is 0 Å². The van der Waals surface area contributed by atoms with Crippen molar-refractivity contribution in [2.24, 2.45) is 0 Å². The van der Waals surface area contributed by atoms with Crippen molar-refractivity contribution in [3.05, 3.63) is 62.9 Å². The van der Waals surface area contributed by atoms with E-state index < -0.39 is 5.82 Å². The standard InChI is InChI=1S/C20H20Cl2FNO/c1-24-8-5-12-9-17(23)18(25)11-14(12)19(24)20(6-2-7-20)15-4-3-13(21)10-16(15)22/h3-4,9-11,19,25H,2,5-8H2,1H3. The molecule has 2 aromatic rings. The lowest BCUT2D eigenvalue weighted by Crippen LogP contribution is -2.50. The number of fused-ring (bicyclic) bond motifs is 1. The third kappa shape index (κ3) is 2.64. The number of nitrogens with zero attached hydrogens (tertiary/aromatic N) is 1. The van der Waals surface area contributed by atoms with Gasteiger partial charge in [-0.25, -0.2) is 4.39 Å². The predicted octanol–water partition coefficient (Wildman–Crippen LogP) is 5.49. The molecule has 1 saturated carbocycles. The van der Waals surface area contributed by atoms with Gasteiger partial charge in [-0.1, -0.05) is 35.7 Å². The van der Waals surface area contributed by atoms with Crippen LogP contribution in [0.5, 0.6) is 5.75 Å². The first-order valence-electron chi connectivity index (χ1n) is 8.59. The second-order valence-electron chi connectivity index (χ2n) is 7.27. The van der Waals surface area contributed by atoms with E-state index in [0.717, 1.165) is 48.9 Å². The lowest BCUT2D eigenvalue weighted by Gasteiger charge is -2.54. The fourth-order valence-corrected chi connectivity index (χ4v) is 5.21. The number of benzene rings is 2. The highest BCUT2D eigenvalue weighted by atomic mass is 35.5. The molecule has 0 saturated heterocycles.